The first-order valence-corrected chi connectivity index (χ1v) is 11.0. The first kappa shape index (κ1) is 22.2. The van der Waals surface area contributed by atoms with Gasteiger partial charge in [0.15, 0.2) is 5.82 Å². The standard InChI is InChI=1S/C26H30FN3O2/c1-25(2)18-26(13-15-32-25,20-9-5-4-6-10-20)12-14-28-24-29-17-22(27)23(30-24)19-8-7-11-21(16-19)31-3/h4-11,16-17H,12-15,18H2,1-3H3,(H,28,29,30). The second-order valence-corrected chi connectivity index (χ2v) is 8.98. The van der Waals surface area contributed by atoms with E-state index in [4.69, 9.17) is 9.47 Å². The van der Waals surface area contributed by atoms with E-state index in [0.29, 0.717) is 23.8 Å². The molecule has 1 aliphatic heterocycles. The van der Waals surface area contributed by atoms with Crippen molar-refractivity contribution in [3.8, 4) is 17.0 Å². The summed E-state index contributed by atoms with van der Waals surface area (Å²) in [6.07, 6.45) is 4.01. The van der Waals surface area contributed by atoms with Crippen molar-refractivity contribution in [2.75, 3.05) is 25.6 Å². The zero-order chi connectivity index (χ0) is 22.6. The predicted octanol–water partition coefficient (Wildman–Crippen LogP) is 5.62. The fourth-order valence-corrected chi connectivity index (χ4v) is 4.71. The van der Waals surface area contributed by atoms with E-state index in [1.54, 1.807) is 13.2 Å². The highest BCUT2D eigenvalue weighted by Crippen LogP contribution is 2.43. The van der Waals surface area contributed by atoms with Crippen molar-refractivity contribution in [3.63, 3.8) is 0 Å². The summed E-state index contributed by atoms with van der Waals surface area (Å²) in [6.45, 7) is 5.71. The van der Waals surface area contributed by atoms with Gasteiger partial charge in [-0.1, -0.05) is 42.5 Å². The molecular formula is C26H30FN3O2. The highest BCUT2D eigenvalue weighted by Gasteiger charge is 2.41. The molecule has 3 aromatic rings. The number of ether oxygens (including phenoxy) is 2. The molecule has 6 heteroatoms. The van der Waals surface area contributed by atoms with Crippen molar-refractivity contribution in [2.24, 2.45) is 0 Å². The molecule has 1 unspecified atom stereocenters. The summed E-state index contributed by atoms with van der Waals surface area (Å²) in [5, 5.41) is 3.32. The first-order valence-electron chi connectivity index (χ1n) is 11.0. The van der Waals surface area contributed by atoms with Crippen LogP contribution in [0.2, 0.25) is 0 Å². The molecule has 0 aliphatic carbocycles. The molecule has 4 rings (SSSR count). The number of hydrogen-bond acceptors (Lipinski definition) is 5. The largest absolute Gasteiger partial charge is 0.497 e. The summed E-state index contributed by atoms with van der Waals surface area (Å²) in [7, 11) is 1.59. The zero-order valence-electron chi connectivity index (χ0n) is 18.9. The van der Waals surface area contributed by atoms with Crippen LogP contribution in [0.3, 0.4) is 0 Å². The van der Waals surface area contributed by atoms with Crippen LogP contribution < -0.4 is 10.1 Å². The minimum atomic E-state index is -0.462. The van der Waals surface area contributed by atoms with Gasteiger partial charge in [-0.3, -0.25) is 0 Å². The van der Waals surface area contributed by atoms with Crippen LogP contribution in [0.1, 0.15) is 38.7 Å². The van der Waals surface area contributed by atoms with Gasteiger partial charge in [0.05, 0.1) is 18.9 Å². The SMILES string of the molecule is COc1cccc(-c2nc(NCCC3(c4ccccc4)CCOC(C)(C)C3)ncc2F)c1. The molecule has 0 radical (unpaired) electrons. The van der Waals surface area contributed by atoms with Crippen LogP contribution in [0.15, 0.2) is 60.8 Å². The molecule has 1 fully saturated rings. The number of hydrogen-bond donors (Lipinski definition) is 1. The van der Waals surface area contributed by atoms with Gasteiger partial charge in [0.2, 0.25) is 5.95 Å². The Labute approximate surface area is 189 Å². The average Bonchev–Trinajstić information content (AvgIpc) is 2.80. The number of nitrogens with one attached hydrogen (secondary N) is 1. The van der Waals surface area contributed by atoms with E-state index < -0.39 is 5.82 Å². The van der Waals surface area contributed by atoms with Crippen molar-refractivity contribution in [1.29, 1.82) is 0 Å². The van der Waals surface area contributed by atoms with Crippen molar-refractivity contribution < 1.29 is 13.9 Å². The van der Waals surface area contributed by atoms with E-state index in [9.17, 15) is 4.39 Å². The van der Waals surface area contributed by atoms with Gasteiger partial charge in [0, 0.05) is 24.1 Å². The Balaban J connectivity index is 1.52. The van der Waals surface area contributed by atoms with Crippen LogP contribution >= 0.6 is 0 Å². The number of nitrogens with zero attached hydrogens (tertiary/aromatic N) is 2. The van der Waals surface area contributed by atoms with Gasteiger partial charge in [0.25, 0.3) is 0 Å². The second-order valence-electron chi connectivity index (χ2n) is 8.98. The van der Waals surface area contributed by atoms with Gasteiger partial charge < -0.3 is 14.8 Å². The normalized spacial score (nSPS) is 20.0. The van der Waals surface area contributed by atoms with E-state index in [1.165, 1.54) is 11.8 Å². The molecule has 1 aromatic heterocycles. The number of anilines is 1. The molecule has 1 atom stereocenters. The second kappa shape index (κ2) is 9.25. The fourth-order valence-electron chi connectivity index (χ4n) is 4.71. The Morgan fingerprint density at radius 2 is 1.94 bits per heavy atom. The Morgan fingerprint density at radius 1 is 1.12 bits per heavy atom. The molecule has 1 N–H and O–H groups in total. The third-order valence-corrected chi connectivity index (χ3v) is 6.20. The Kier molecular flexibility index (Phi) is 6.42. The topological polar surface area (TPSA) is 56.3 Å². The smallest absolute Gasteiger partial charge is 0.223 e. The summed E-state index contributed by atoms with van der Waals surface area (Å²) in [5.74, 6) is 0.608. The maximum absolute atomic E-state index is 14.5. The van der Waals surface area contributed by atoms with E-state index in [-0.39, 0.29) is 16.7 Å². The first-order chi connectivity index (χ1) is 15.4. The third kappa shape index (κ3) is 4.91. The van der Waals surface area contributed by atoms with E-state index in [0.717, 1.165) is 25.9 Å². The Hall–Kier alpha value is -2.99. The maximum atomic E-state index is 14.5. The average molecular weight is 436 g/mol. The van der Waals surface area contributed by atoms with Gasteiger partial charge in [-0.25, -0.2) is 14.4 Å². The van der Waals surface area contributed by atoms with Crippen molar-refractivity contribution in [1.82, 2.24) is 9.97 Å². The Morgan fingerprint density at radius 3 is 2.69 bits per heavy atom. The third-order valence-electron chi connectivity index (χ3n) is 6.20. The molecule has 0 bridgehead atoms. The van der Waals surface area contributed by atoms with Gasteiger partial charge in [0.1, 0.15) is 11.4 Å². The summed E-state index contributed by atoms with van der Waals surface area (Å²) < 4.78 is 25.7. The highest BCUT2D eigenvalue weighted by atomic mass is 19.1. The number of rotatable bonds is 7. The predicted molar refractivity (Wildman–Crippen MR) is 124 cm³/mol. The number of benzene rings is 2. The van der Waals surface area contributed by atoms with Crippen LogP contribution in [-0.2, 0) is 10.2 Å². The Bertz CT molecular complexity index is 1060. The zero-order valence-corrected chi connectivity index (χ0v) is 18.9. The minimum Gasteiger partial charge on any atom is -0.497 e. The molecule has 1 aliphatic rings. The lowest BCUT2D eigenvalue weighted by Crippen LogP contribution is -2.45. The molecule has 1 saturated heterocycles. The van der Waals surface area contributed by atoms with Crippen LogP contribution in [0.5, 0.6) is 5.75 Å². The number of methoxy groups -OCH3 is 1. The van der Waals surface area contributed by atoms with Crippen LogP contribution in [0.4, 0.5) is 10.3 Å². The quantitative estimate of drug-likeness (QED) is 0.522. The van der Waals surface area contributed by atoms with Gasteiger partial charge in [-0.05, 0) is 50.8 Å². The molecule has 32 heavy (non-hydrogen) atoms. The fraction of sp³-hybridized carbons (Fsp3) is 0.385. The highest BCUT2D eigenvalue weighted by molar-refractivity contribution is 5.62. The lowest BCUT2D eigenvalue weighted by atomic mass is 9.67. The van der Waals surface area contributed by atoms with Crippen LogP contribution in [0.25, 0.3) is 11.3 Å². The van der Waals surface area contributed by atoms with E-state index in [2.05, 4.69) is 53.4 Å². The number of aromatic nitrogens is 2. The summed E-state index contributed by atoms with van der Waals surface area (Å²) >= 11 is 0. The van der Waals surface area contributed by atoms with Gasteiger partial charge in [-0.15, -0.1) is 0 Å². The number of halogens is 1. The van der Waals surface area contributed by atoms with E-state index >= 15 is 0 Å². The molecule has 0 spiro atoms. The molecule has 2 aromatic carbocycles. The lowest BCUT2D eigenvalue weighted by molar-refractivity contribution is -0.0835. The molecule has 5 nitrogen and oxygen atoms in total. The van der Waals surface area contributed by atoms with Crippen LogP contribution in [0, 0.1) is 5.82 Å². The van der Waals surface area contributed by atoms with Gasteiger partial charge in [-0.2, -0.15) is 0 Å². The molecule has 0 amide bonds. The van der Waals surface area contributed by atoms with Gasteiger partial charge >= 0.3 is 0 Å². The van der Waals surface area contributed by atoms with E-state index in [1.807, 2.05) is 24.3 Å². The molecule has 168 valence electrons. The van der Waals surface area contributed by atoms with Crippen molar-refractivity contribution in [2.45, 2.75) is 44.1 Å². The summed E-state index contributed by atoms with van der Waals surface area (Å²) in [4.78, 5) is 8.61. The summed E-state index contributed by atoms with van der Waals surface area (Å²) in [6, 6.07) is 17.9. The maximum Gasteiger partial charge on any atom is 0.223 e. The summed E-state index contributed by atoms with van der Waals surface area (Å²) in [5.41, 5.74) is 2.06. The monoisotopic (exact) mass is 435 g/mol. The lowest BCUT2D eigenvalue weighted by Gasteiger charge is -2.45. The molecule has 2 heterocycles. The minimum absolute atomic E-state index is 0.00562. The van der Waals surface area contributed by atoms with Crippen LogP contribution in [-0.4, -0.2) is 35.8 Å². The van der Waals surface area contributed by atoms with Crippen molar-refractivity contribution in [3.05, 3.63) is 72.2 Å². The molecule has 0 saturated carbocycles. The molecular weight excluding hydrogens is 405 g/mol. The van der Waals surface area contributed by atoms with Crippen molar-refractivity contribution >= 4 is 5.95 Å².